The predicted octanol–water partition coefficient (Wildman–Crippen LogP) is 0.757. The van der Waals surface area contributed by atoms with Crippen molar-refractivity contribution in [2.24, 2.45) is 0 Å². The van der Waals surface area contributed by atoms with Gasteiger partial charge in [0.1, 0.15) is 5.69 Å². The van der Waals surface area contributed by atoms with Crippen LogP contribution in [0.15, 0.2) is 18.3 Å². The number of carbonyl (C=O) groups is 1. The van der Waals surface area contributed by atoms with Crippen molar-refractivity contribution in [1.82, 2.24) is 9.99 Å². The van der Waals surface area contributed by atoms with Gasteiger partial charge in [-0.1, -0.05) is 0 Å². The van der Waals surface area contributed by atoms with Crippen molar-refractivity contribution in [2.75, 3.05) is 26.6 Å². The molecule has 5 heteroatoms. The molecule has 0 aromatic carbocycles. The number of rotatable bonds is 3. The molecule has 0 fully saturated rings. The number of anilines is 1. The monoisotopic (exact) mass is 195 g/mol. The number of hydrogen-bond acceptors (Lipinski definition) is 5. The van der Waals surface area contributed by atoms with Crippen LogP contribution >= 0.6 is 0 Å². The minimum Gasteiger partial charge on any atom is -0.464 e. The fourth-order valence-electron chi connectivity index (χ4n) is 0.974. The first-order valence-corrected chi connectivity index (χ1v) is 4.12. The van der Waals surface area contributed by atoms with Gasteiger partial charge < -0.3 is 10.2 Å². The van der Waals surface area contributed by atoms with Crippen LogP contribution in [0.3, 0.4) is 0 Å². The van der Waals surface area contributed by atoms with Crippen LogP contribution in [0, 0.1) is 0 Å². The summed E-state index contributed by atoms with van der Waals surface area (Å²) in [5.74, 6) is -0.438. The number of aromatic nitrogens is 1. The standard InChI is InChI=1S/C9H13N3O2/c1-12(2)11-7-4-5-10-8(6-7)9(13)14-3/h4-6H,1-3H3,(H,10,11). The maximum atomic E-state index is 11.1. The van der Waals surface area contributed by atoms with Crippen LogP contribution < -0.4 is 5.43 Å². The first-order valence-electron chi connectivity index (χ1n) is 4.12. The quantitative estimate of drug-likeness (QED) is 0.570. The number of pyridine rings is 1. The second kappa shape index (κ2) is 4.57. The van der Waals surface area contributed by atoms with E-state index in [1.807, 2.05) is 14.1 Å². The van der Waals surface area contributed by atoms with Crippen LogP contribution in [0.5, 0.6) is 0 Å². The third kappa shape index (κ3) is 2.70. The van der Waals surface area contributed by atoms with E-state index < -0.39 is 5.97 Å². The highest BCUT2D eigenvalue weighted by Gasteiger charge is 2.07. The molecule has 0 bridgehead atoms. The second-order valence-electron chi connectivity index (χ2n) is 2.93. The Balaban J connectivity index is 2.84. The van der Waals surface area contributed by atoms with E-state index in [2.05, 4.69) is 15.1 Å². The Morgan fingerprint density at radius 1 is 1.57 bits per heavy atom. The van der Waals surface area contributed by atoms with Crippen molar-refractivity contribution in [3.63, 3.8) is 0 Å². The Hall–Kier alpha value is -1.62. The number of hydrazine groups is 1. The number of nitrogens with zero attached hydrogens (tertiary/aromatic N) is 2. The SMILES string of the molecule is COC(=O)c1cc(NN(C)C)ccn1. The Morgan fingerprint density at radius 3 is 2.86 bits per heavy atom. The van der Waals surface area contributed by atoms with Gasteiger partial charge in [-0.15, -0.1) is 0 Å². The minimum absolute atomic E-state index is 0.291. The first-order chi connectivity index (χ1) is 6.63. The normalized spacial score (nSPS) is 10.0. The van der Waals surface area contributed by atoms with E-state index >= 15 is 0 Å². The van der Waals surface area contributed by atoms with E-state index in [9.17, 15) is 4.79 Å². The second-order valence-corrected chi connectivity index (χ2v) is 2.93. The van der Waals surface area contributed by atoms with Crippen LogP contribution in [0.2, 0.25) is 0 Å². The van der Waals surface area contributed by atoms with Crippen LogP contribution in [0.25, 0.3) is 0 Å². The van der Waals surface area contributed by atoms with Crippen molar-refractivity contribution < 1.29 is 9.53 Å². The molecule has 0 unspecified atom stereocenters. The van der Waals surface area contributed by atoms with Gasteiger partial charge in [-0.2, -0.15) is 0 Å². The number of nitrogens with one attached hydrogen (secondary N) is 1. The Bertz CT molecular complexity index is 326. The fraction of sp³-hybridized carbons (Fsp3) is 0.333. The lowest BCUT2D eigenvalue weighted by Crippen LogP contribution is -2.19. The molecule has 5 nitrogen and oxygen atoms in total. The zero-order valence-corrected chi connectivity index (χ0v) is 8.44. The topological polar surface area (TPSA) is 54.5 Å². The van der Waals surface area contributed by atoms with Gasteiger partial charge in [0, 0.05) is 20.3 Å². The molecule has 0 amide bonds. The molecule has 1 N–H and O–H groups in total. The summed E-state index contributed by atoms with van der Waals surface area (Å²) in [5.41, 5.74) is 4.10. The van der Waals surface area contributed by atoms with Gasteiger partial charge in [0.25, 0.3) is 0 Å². The van der Waals surface area contributed by atoms with Crippen LogP contribution in [-0.2, 0) is 4.74 Å². The number of methoxy groups -OCH3 is 1. The summed E-state index contributed by atoms with van der Waals surface area (Å²) < 4.78 is 4.55. The molecule has 1 aromatic heterocycles. The molecule has 76 valence electrons. The highest BCUT2D eigenvalue weighted by molar-refractivity contribution is 5.88. The van der Waals surface area contributed by atoms with E-state index in [-0.39, 0.29) is 0 Å². The number of hydrogen-bond donors (Lipinski definition) is 1. The van der Waals surface area contributed by atoms with Crippen molar-refractivity contribution in [3.05, 3.63) is 24.0 Å². The summed E-state index contributed by atoms with van der Waals surface area (Å²) in [7, 11) is 5.05. The third-order valence-corrected chi connectivity index (χ3v) is 1.51. The molecule has 0 aliphatic heterocycles. The van der Waals surface area contributed by atoms with Gasteiger partial charge in [-0.3, -0.25) is 0 Å². The summed E-state index contributed by atoms with van der Waals surface area (Å²) >= 11 is 0. The number of carbonyl (C=O) groups excluding carboxylic acids is 1. The van der Waals surface area contributed by atoms with E-state index in [4.69, 9.17) is 0 Å². The summed E-state index contributed by atoms with van der Waals surface area (Å²) in [6.07, 6.45) is 1.55. The van der Waals surface area contributed by atoms with Crippen LogP contribution in [0.1, 0.15) is 10.5 Å². The molecule has 0 radical (unpaired) electrons. The lowest BCUT2D eigenvalue weighted by atomic mass is 10.3. The van der Waals surface area contributed by atoms with Gasteiger partial charge in [-0.25, -0.2) is 14.8 Å². The molecular weight excluding hydrogens is 182 g/mol. The summed E-state index contributed by atoms with van der Waals surface area (Å²) in [5, 5.41) is 1.77. The summed E-state index contributed by atoms with van der Waals surface area (Å²) in [4.78, 5) is 15.0. The van der Waals surface area contributed by atoms with E-state index in [1.54, 1.807) is 23.3 Å². The molecule has 0 aliphatic carbocycles. The van der Waals surface area contributed by atoms with Crippen molar-refractivity contribution in [2.45, 2.75) is 0 Å². The van der Waals surface area contributed by atoms with Crippen molar-refractivity contribution >= 4 is 11.7 Å². The molecule has 0 aliphatic rings. The van der Waals surface area contributed by atoms with Crippen molar-refractivity contribution in [1.29, 1.82) is 0 Å². The smallest absolute Gasteiger partial charge is 0.356 e. The molecule has 0 atom stereocenters. The first kappa shape index (κ1) is 10.5. The maximum absolute atomic E-state index is 11.1. The lowest BCUT2D eigenvalue weighted by Gasteiger charge is -2.13. The predicted molar refractivity (Wildman–Crippen MR) is 52.9 cm³/mol. The average molecular weight is 195 g/mol. The van der Waals surface area contributed by atoms with Gasteiger partial charge in [-0.05, 0) is 12.1 Å². The molecule has 1 rings (SSSR count). The number of esters is 1. The average Bonchev–Trinajstić information content (AvgIpc) is 2.16. The largest absolute Gasteiger partial charge is 0.464 e. The zero-order valence-electron chi connectivity index (χ0n) is 8.44. The molecule has 14 heavy (non-hydrogen) atoms. The molecule has 1 aromatic rings. The molecular formula is C9H13N3O2. The molecule has 0 saturated carbocycles. The summed E-state index contributed by atoms with van der Waals surface area (Å²) in [6, 6.07) is 3.40. The maximum Gasteiger partial charge on any atom is 0.356 e. The van der Waals surface area contributed by atoms with E-state index in [1.165, 1.54) is 7.11 Å². The summed E-state index contributed by atoms with van der Waals surface area (Å²) in [6.45, 7) is 0. The van der Waals surface area contributed by atoms with Gasteiger partial charge >= 0.3 is 5.97 Å². The van der Waals surface area contributed by atoms with Crippen LogP contribution in [0.4, 0.5) is 5.69 Å². The van der Waals surface area contributed by atoms with E-state index in [0.717, 1.165) is 5.69 Å². The molecule has 0 spiro atoms. The van der Waals surface area contributed by atoms with Crippen LogP contribution in [-0.4, -0.2) is 37.2 Å². The highest BCUT2D eigenvalue weighted by Crippen LogP contribution is 2.08. The fourth-order valence-corrected chi connectivity index (χ4v) is 0.974. The number of ether oxygens (including phenoxy) is 1. The van der Waals surface area contributed by atoms with Crippen molar-refractivity contribution in [3.8, 4) is 0 Å². The highest BCUT2D eigenvalue weighted by atomic mass is 16.5. The van der Waals surface area contributed by atoms with E-state index in [0.29, 0.717) is 5.69 Å². The third-order valence-electron chi connectivity index (χ3n) is 1.51. The van der Waals surface area contributed by atoms with Gasteiger partial charge in [0.15, 0.2) is 0 Å². The molecule has 1 heterocycles. The van der Waals surface area contributed by atoms with Gasteiger partial charge in [0.2, 0.25) is 0 Å². The lowest BCUT2D eigenvalue weighted by molar-refractivity contribution is 0.0594. The Labute approximate surface area is 82.7 Å². The Kier molecular flexibility index (Phi) is 3.41. The molecule has 0 saturated heterocycles. The minimum atomic E-state index is -0.438. The van der Waals surface area contributed by atoms with Gasteiger partial charge in [0.05, 0.1) is 12.8 Å². The zero-order chi connectivity index (χ0) is 10.6. The Morgan fingerprint density at radius 2 is 2.29 bits per heavy atom.